The van der Waals surface area contributed by atoms with Crippen LogP contribution >= 0.6 is 0 Å². The van der Waals surface area contributed by atoms with Gasteiger partial charge in [-0.3, -0.25) is 0 Å². The number of carbonyl (C=O) groups is 1. The number of nitrogens with zero attached hydrogens (tertiary/aromatic N) is 1. The number of halogens is 1. The number of ether oxygens (including phenoxy) is 1. The summed E-state index contributed by atoms with van der Waals surface area (Å²) >= 11 is 0. The molecule has 2 aromatic rings. The minimum atomic E-state index is -0.292. The van der Waals surface area contributed by atoms with Crippen LogP contribution in [0.15, 0.2) is 48.5 Å². The van der Waals surface area contributed by atoms with Gasteiger partial charge in [-0.25, -0.2) is 9.18 Å². The molecule has 21 heavy (non-hydrogen) atoms. The summed E-state index contributed by atoms with van der Waals surface area (Å²) < 4.78 is 18.0. The Morgan fingerprint density at radius 2 is 1.86 bits per heavy atom. The van der Waals surface area contributed by atoms with Gasteiger partial charge < -0.3 is 15.0 Å². The van der Waals surface area contributed by atoms with Crippen LogP contribution in [0.5, 0.6) is 5.75 Å². The Bertz CT molecular complexity index is 614. The van der Waals surface area contributed by atoms with E-state index in [1.807, 2.05) is 12.1 Å². The maximum Gasteiger partial charge on any atom is 0.321 e. The van der Waals surface area contributed by atoms with Gasteiger partial charge in [0.05, 0.1) is 12.8 Å². The molecule has 2 amide bonds. The quantitative estimate of drug-likeness (QED) is 0.935. The van der Waals surface area contributed by atoms with Crippen LogP contribution in [0.1, 0.15) is 5.56 Å². The molecule has 0 heterocycles. The molecule has 0 saturated carbocycles. The van der Waals surface area contributed by atoms with Crippen molar-refractivity contribution in [2.24, 2.45) is 0 Å². The van der Waals surface area contributed by atoms with Gasteiger partial charge >= 0.3 is 6.03 Å². The monoisotopic (exact) mass is 288 g/mol. The van der Waals surface area contributed by atoms with Crippen LogP contribution < -0.4 is 10.1 Å². The molecule has 5 heteroatoms. The zero-order valence-electron chi connectivity index (χ0n) is 12.0. The highest BCUT2D eigenvalue weighted by Gasteiger charge is 2.11. The lowest BCUT2D eigenvalue weighted by atomic mass is 10.2. The Morgan fingerprint density at radius 1 is 1.19 bits per heavy atom. The van der Waals surface area contributed by atoms with Gasteiger partial charge in [0.1, 0.15) is 11.6 Å². The number of hydrogen-bond acceptors (Lipinski definition) is 2. The first-order chi connectivity index (χ1) is 10.1. The molecule has 0 aliphatic carbocycles. The van der Waals surface area contributed by atoms with Crippen molar-refractivity contribution in [3.8, 4) is 5.75 Å². The van der Waals surface area contributed by atoms with Crippen molar-refractivity contribution in [2.75, 3.05) is 19.5 Å². The molecule has 1 N–H and O–H groups in total. The van der Waals surface area contributed by atoms with E-state index in [9.17, 15) is 9.18 Å². The predicted molar refractivity (Wildman–Crippen MR) is 79.9 cm³/mol. The minimum absolute atomic E-state index is 0.260. The normalized spacial score (nSPS) is 10.0. The molecule has 0 unspecified atom stereocenters. The summed E-state index contributed by atoms with van der Waals surface area (Å²) in [5, 5.41) is 2.78. The van der Waals surface area contributed by atoms with Gasteiger partial charge in [-0.1, -0.05) is 24.3 Å². The number of benzene rings is 2. The molecule has 2 rings (SSSR count). The molecule has 0 atom stereocenters. The summed E-state index contributed by atoms with van der Waals surface area (Å²) in [4.78, 5) is 13.7. The molecule has 0 fully saturated rings. The van der Waals surface area contributed by atoms with Gasteiger partial charge in [-0.05, 0) is 29.8 Å². The van der Waals surface area contributed by atoms with E-state index < -0.39 is 0 Å². The van der Waals surface area contributed by atoms with Crippen molar-refractivity contribution < 1.29 is 13.9 Å². The van der Waals surface area contributed by atoms with Crippen molar-refractivity contribution in [3.63, 3.8) is 0 Å². The molecule has 0 spiro atoms. The van der Waals surface area contributed by atoms with Crippen LogP contribution in [0.2, 0.25) is 0 Å². The second-order valence-corrected chi connectivity index (χ2v) is 4.61. The maximum atomic E-state index is 12.8. The van der Waals surface area contributed by atoms with Crippen molar-refractivity contribution >= 4 is 11.7 Å². The summed E-state index contributed by atoms with van der Waals surface area (Å²) in [6.45, 7) is 0.390. The van der Waals surface area contributed by atoms with Crippen molar-refractivity contribution in [1.82, 2.24) is 4.90 Å². The second kappa shape index (κ2) is 6.74. The first-order valence-corrected chi connectivity index (χ1v) is 6.49. The zero-order valence-corrected chi connectivity index (χ0v) is 12.0. The van der Waals surface area contributed by atoms with Crippen LogP contribution in [0.25, 0.3) is 0 Å². The SMILES string of the molecule is COc1ccccc1NC(=O)N(C)Cc1ccc(F)cc1. The molecule has 4 nitrogen and oxygen atoms in total. The van der Waals surface area contributed by atoms with E-state index in [4.69, 9.17) is 4.74 Å². The number of carbonyl (C=O) groups excluding carboxylic acids is 1. The molecule has 0 radical (unpaired) electrons. The van der Waals surface area contributed by atoms with E-state index in [0.717, 1.165) is 5.56 Å². The van der Waals surface area contributed by atoms with Crippen LogP contribution in [-0.2, 0) is 6.54 Å². The average molecular weight is 288 g/mol. The van der Waals surface area contributed by atoms with Crippen molar-refractivity contribution in [3.05, 3.63) is 59.9 Å². The highest BCUT2D eigenvalue weighted by molar-refractivity contribution is 5.90. The van der Waals surface area contributed by atoms with Gasteiger partial charge in [-0.15, -0.1) is 0 Å². The molecule has 0 aromatic heterocycles. The Labute approximate surface area is 123 Å². The van der Waals surface area contributed by atoms with Gasteiger partial charge in [0.15, 0.2) is 0 Å². The van der Waals surface area contributed by atoms with Gasteiger partial charge in [-0.2, -0.15) is 0 Å². The lowest BCUT2D eigenvalue weighted by Gasteiger charge is -2.19. The Morgan fingerprint density at radius 3 is 2.52 bits per heavy atom. The first-order valence-electron chi connectivity index (χ1n) is 6.49. The van der Waals surface area contributed by atoms with Crippen LogP contribution in [-0.4, -0.2) is 25.1 Å². The highest BCUT2D eigenvalue weighted by atomic mass is 19.1. The molecular formula is C16H17FN2O2. The number of amides is 2. The van der Waals surface area contributed by atoms with Gasteiger partial charge in [0.25, 0.3) is 0 Å². The van der Waals surface area contributed by atoms with Crippen LogP contribution in [0.3, 0.4) is 0 Å². The summed E-state index contributed by atoms with van der Waals surface area (Å²) in [5.74, 6) is 0.306. The molecule has 0 aliphatic rings. The average Bonchev–Trinajstić information content (AvgIpc) is 2.50. The van der Waals surface area contributed by atoms with E-state index in [0.29, 0.717) is 18.0 Å². The van der Waals surface area contributed by atoms with Crippen molar-refractivity contribution in [1.29, 1.82) is 0 Å². The van der Waals surface area contributed by atoms with Crippen LogP contribution in [0, 0.1) is 5.82 Å². The standard InChI is InChI=1S/C16H17FN2O2/c1-19(11-12-7-9-13(17)10-8-12)16(20)18-14-5-3-4-6-15(14)21-2/h3-10H,11H2,1-2H3,(H,18,20). The number of nitrogens with one attached hydrogen (secondary N) is 1. The fraction of sp³-hybridized carbons (Fsp3) is 0.188. The molecule has 2 aromatic carbocycles. The third-order valence-electron chi connectivity index (χ3n) is 3.03. The first kappa shape index (κ1) is 14.8. The van der Waals surface area contributed by atoms with Gasteiger partial charge in [0, 0.05) is 13.6 Å². The number of anilines is 1. The fourth-order valence-electron chi connectivity index (χ4n) is 1.89. The van der Waals surface area contributed by atoms with Crippen LogP contribution in [0.4, 0.5) is 14.9 Å². The smallest absolute Gasteiger partial charge is 0.321 e. The largest absolute Gasteiger partial charge is 0.495 e. The minimum Gasteiger partial charge on any atom is -0.495 e. The lowest BCUT2D eigenvalue weighted by Crippen LogP contribution is -2.30. The summed E-state index contributed by atoms with van der Waals surface area (Å²) in [5.41, 5.74) is 1.46. The number of urea groups is 1. The highest BCUT2D eigenvalue weighted by Crippen LogP contribution is 2.23. The predicted octanol–water partition coefficient (Wildman–Crippen LogP) is 3.50. The van der Waals surface area contributed by atoms with E-state index >= 15 is 0 Å². The Balaban J connectivity index is 2.01. The van der Waals surface area contributed by atoms with E-state index in [2.05, 4.69) is 5.32 Å². The Hall–Kier alpha value is -2.56. The molecule has 110 valence electrons. The summed E-state index contributed by atoms with van der Waals surface area (Å²) in [6.07, 6.45) is 0. The number of rotatable bonds is 4. The zero-order chi connectivity index (χ0) is 15.2. The molecule has 0 aliphatic heterocycles. The second-order valence-electron chi connectivity index (χ2n) is 4.61. The van der Waals surface area contributed by atoms with E-state index in [-0.39, 0.29) is 11.8 Å². The maximum absolute atomic E-state index is 12.8. The number of methoxy groups -OCH3 is 1. The number of para-hydroxylation sites is 2. The van der Waals surface area contributed by atoms with E-state index in [1.165, 1.54) is 17.0 Å². The molecule has 0 saturated heterocycles. The number of hydrogen-bond donors (Lipinski definition) is 1. The van der Waals surface area contributed by atoms with Crippen molar-refractivity contribution in [2.45, 2.75) is 6.54 Å². The third-order valence-corrected chi connectivity index (χ3v) is 3.03. The van der Waals surface area contributed by atoms with Gasteiger partial charge in [0.2, 0.25) is 0 Å². The van der Waals surface area contributed by atoms with E-state index in [1.54, 1.807) is 38.4 Å². The fourth-order valence-corrected chi connectivity index (χ4v) is 1.89. The summed E-state index contributed by atoms with van der Waals surface area (Å²) in [7, 11) is 3.22. The lowest BCUT2D eigenvalue weighted by molar-refractivity contribution is 0.220. The molecule has 0 bridgehead atoms. The third kappa shape index (κ3) is 3.95. The topological polar surface area (TPSA) is 41.6 Å². The molecular weight excluding hydrogens is 271 g/mol. The summed E-state index contributed by atoms with van der Waals surface area (Å²) in [6, 6.07) is 13.0. The Kier molecular flexibility index (Phi) is 4.77.